The number of nitrogens with two attached hydrogens (primary N) is 1. The summed E-state index contributed by atoms with van der Waals surface area (Å²) < 4.78 is 12.6. The van der Waals surface area contributed by atoms with Gasteiger partial charge in [0.25, 0.3) is 0 Å². The lowest BCUT2D eigenvalue weighted by Gasteiger charge is -2.28. The number of nitrogens with one attached hydrogen (secondary N) is 2. The van der Waals surface area contributed by atoms with Crippen LogP contribution in [0.2, 0.25) is 0 Å². The van der Waals surface area contributed by atoms with Gasteiger partial charge in [0.2, 0.25) is 0 Å². The number of nitrogens with zero attached hydrogens (tertiary/aromatic N) is 1. The molecule has 0 fully saturated rings. The van der Waals surface area contributed by atoms with Crippen molar-refractivity contribution in [3.63, 3.8) is 0 Å². The molecule has 0 aliphatic heterocycles. The summed E-state index contributed by atoms with van der Waals surface area (Å²) in [5.41, 5.74) is 8.03. The maximum Gasteiger partial charge on any atom is 0.321 e. The summed E-state index contributed by atoms with van der Waals surface area (Å²) in [4.78, 5) is 16.3. The molecule has 0 spiro atoms. The number of carbonyl (C=O) groups is 1. The molecular weight excluding hydrogens is 412 g/mol. The molecule has 3 aromatic heterocycles. The second kappa shape index (κ2) is 8.56. The van der Waals surface area contributed by atoms with E-state index in [0.717, 1.165) is 38.8 Å². The maximum absolute atomic E-state index is 11.8. The normalized spacial score (nSPS) is 11.7. The van der Waals surface area contributed by atoms with E-state index in [1.807, 2.05) is 63.2 Å². The minimum Gasteiger partial charge on any atom is -0.466 e. The molecule has 2 amide bonds. The number of furan rings is 2. The first-order valence-electron chi connectivity index (χ1n) is 10.2. The summed E-state index contributed by atoms with van der Waals surface area (Å²) in [6, 6.07) is 13.5. The molecule has 162 valence electrons. The number of urea groups is 1. The van der Waals surface area contributed by atoms with Gasteiger partial charge in [0.05, 0.1) is 15.8 Å². The fraction of sp³-hybridized carbons (Fsp3) is 0.304. The summed E-state index contributed by atoms with van der Waals surface area (Å²) in [7, 11) is 0. The third-order valence-electron chi connectivity index (χ3n) is 5.09. The second-order valence-corrected chi connectivity index (χ2v) is 8.75. The van der Waals surface area contributed by atoms with Crippen LogP contribution in [0, 0.1) is 13.8 Å². The van der Waals surface area contributed by atoms with Gasteiger partial charge in [0.1, 0.15) is 23.0 Å². The first-order valence-corrected chi connectivity index (χ1v) is 11.0. The van der Waals surface area contributed by atoms with E-state index in [9.17, 15) is 4.79 Å². The molecule has 0 bridgehead atoms. The number of hydrogen-bond donors (Lipinski definition) is 3. The number of aryl methyl sites for hydroxylation is 2. The minimum absolute atomic E-state index is 0.267. The average Bonchev–Trinajstić information content (AvgIpc) is 3.41. The topological polar surface area (TPSA) is 106 Å². The monoisotopic (exact) mass is 438 g/mol. The molecule has 7 nitrogen and oxygen atoms in total. The van der Waals surface area contributed by atoms with E-state index in [4.69, 9.17) is 14.6 Å². The third-order valence-corrected chi connectivity index (χ3v) is 6.03. The number of amides is 2. The Labute approximate surface area is 184 Å². The van der Waals surface area contributed by atoms with E-state index >= 15 is 0 Å². The summed E-state index contributed by atoms with van der Waals surface area (Å²) in [6.45, 7) is 6.26. The molecule has 8 heteroatoms. The molecule has 31 heavy (non-hydrogen) atoms. The predicted octanol–water partition coefficient (Wildman–Crippen LogP) is 4.88. The largest absolute Gasteiger partial charge is 0.466 e. The molecule has 0 aliphatic rings. The third kappa shape index (κ3) is 4.81. The molecule has 0 radical (unpaired) electrons. The molecule has 4 N–H and O–H groups in total. The molecule has 0 atom stereocenters. The van der Waals surface area contributed by atoms with Gasteiger partial charge >= 0.3 is 6.03 Å². The highest BCUT2D eigenvalue weighted by atomic mass is 32.1. The van der Waals surface area contributed by atoms with Gasteiger partial charge < -0.3 is 19.9 Å². The predicted molar refractivity (Wildman–Crippen MR) is 122 cm³/mol. The van der Waals surface area contributed by atoms with E-state index < -0.39 is 5.54 Å². The van der Waals surface area contributed by atoms with Gasteiger partial charge in [-0.05, 0) is 62.7 Å². The lowest BCUT2D eigenvalue weighted by molar-refractivity contribution is 0.252. The smallest absolute Gasteiger partial charge is 0.321 e. The van der Waals surface area contributed by atoms with Crippen LogP contribution < -0.4 is 16.4 Å². The molecule has 3 heterocycles. The van der Waals surface area contributed by atoms with Crippen molar-refractivity contribution in [1.29, 1.82) is 0 Å². The number of benzene rings is 1. The Morgan fingerprint density at radius 2 is 1.71 bits per heavy atom. The highest BCUT2D eigenvalue weighted by molar-refractivity contribution is 7.22. The van der Waals surface area contributed by atoms with Gasteiger partial charge in [-0.3, -0.25) is 5.32 Å². The minimum atomic E-state index is -0.736. The molecule has 0 aliphatic carbocycles. The summed E-state index contributed by atoms with van der Waals surface area (Å²) in [6.07, 6.45) is 1.05. The van der Waals surface area contributed by atoms with Crippen LogP contribution in [0.1, 0.15) is 35.5 Å². The Balaban J connectivity index is 1.68. The van der Waals surface area contributed by atoms with Crippen LogP contribution in [0.3, 0.4) is 0 Å². The van der Waals surface area contributed by atoms with Gasteiger partial charge in [-0.25, -0.2) is 9.78 Å². The van der Waals surface area contributed by atoms with Crippen LogP contribution in [0.25, 0.3) is 10.2 Å². The molecule has 1 aromatic carbocycles. The zero-order valence-corrected chi connectivity index (χ0v) is 18.6. The van der Waals surface area contributed by atoms with E-state index in [1.54, 1.807) is 0 Å². The number of fused-ring (bicyclic) bond motifs is 1. The molecule has 0 saturated heterocycles. The average molecular weight is 439 g/mol. The van der Waals surface area contributed by atoms with Gasteiger partial charge in [-0.2, -0.15) is 0 Å². The van der Waals surface area contributed by atoms with Crippen molar-refractivity contribution in [2.24, 2.45) is 5.73 Å². The quantitative estimate of drug-likeness (QED) is 0.381. The zero-order chi connectivity index (χ0) is 22.0. The zero-order valence-electron chi connectivity index (χ0n) is 17.8. The summed E-state index contributed by atoms with van der Waals surface area (Å²) in [5, 5.41) is 6.03. The first kappa shape index (κ1) is 21.1. The summed E-state index contributed by atoms with van der Waals surface area (Å²) >= 11 is 1.42. The number of carbonyl (C=O) groups excluding carboxylic acids is 1. The highest BCUT2D eigenvalue weighted by Gasteiger charge is 2.31. The van der Waals surface area contributed by atoms with E-state index in [-0.39, 0.29) is 6.03 Å². The molecule has 0 saturated carbocycles. The summed E-state index contributed by atoms with van der Waals surface area (Å²) in [5.74, 6) is 3.35. The number of hydrogen-bond acceptors (Lipinski definition) is 6. The van der Waals surface area contributed by atoms with Crippen molar-refractivity contribution < 1.29 is 13.6 Å². The van der Waals surface area contributed by atoms with Crippen molar-refractivity contribution >= 4 is 32.7 Å². The Bertz CT molecular complexity index is 1160. The van der Waals surface area contributed by atoms with Crippen LogP contribution >= 0.6 is 11.3 Å². The Morgan fingerprint density at radius 3 is 2.26 bits per heavy atom. The van der Waals surface area contributed by atoms with E-state index in [0.29, 0.717) is 24.5 Å². The standard InChI is InChI=1S/C23H26N4O3S/c1-4-25-21(28)27-22-26-19-10-7-16(11-20(19)31-22)23(24,12-17-8-5-14(2)29-17)13-18-9-6-15(3)30-18/h5-11H,4,12-13,24H2,1-3H3,(H2,25,26,27,28). The van der Waals surface area contributed by atoms with Gasteiger partial charge in [0.15, 0.2) is 5.13 Å². The van der Waals surface area contributed by atoms with Gasteiger partial charge in [-0.1, -0.05) is 17.4 Å². The fourth-order valence-electron chi connectivity index (χ4n) is 3.64. The van der Waals surface area contributed by atoms with Crippen LogP contribution in [0.5, 0.6) is 0 Å². The van der Waals surface area contributed by atoms with Crippen molar-refractivity contribution in [3.8, 4) is 0 Å². The van der Waals surface area contributed by atoms with Gasteiger partial charge in [0, 0.05) is 19.4 Å². The van der Waals surface area contributed by atoms with E-state index in [1.165, 1.54) is 11.3 Å². The fourth-order valence-corrected chi connectivity index (χ4v) is 4.54. The van der Waals surface area contributed by atoms with Crippen LogP contribution in [-0.2, 0) is 18.4 Å². The maximum atomic E-state index is 11.8. The van der Waals surface area contributed by atoms with Crippen molar-refractivity contribution in [3.05, 3.63) is 71.1 Å². The van der Waals surface area contributed by atoms with Crippen LogP contribution in [-0.4, -0.2) is 17.6 Å². The molecular formula is C23H26N4O3S. The number of aromatic nitrogens is 1. The SMILES string of the molecule is CCNC(=O)Nc1nc2ccc(C(N)(Cc3ccc(C)o3)Cc3ccc(C)o3)cc2s1. The second-order valence-electron chi connectivity index (χ2n) is 7.72. The Hall–Kier alpha value is -3.10. The number of rotatable bonds is 7. The number of anilines is 1. The Morgan fingerprint density at radius 1 is 1.06 bits per heavy atom. The Kier molecular flexibility index (Phi) is 5.84. The molecule has 0 unspecified atom stereocenters. The van der Waals surface area contributed by atoms with Crippen LogP contribution in [0.4, 0.5) is 9.93 Å². The lowest BCUT2D eigenvalue weighted by Crippen LogP contribution is -2.41. The lowest BCUT2D eigenvalue weighted by atomic mass is 9.83. The van der Waals surface area contributed by atoms with Crippen molar-refractivity contribution in [1.82, 2.24) is 10.3 Å². The van der Waals surface area contributed by atoms with Crippen molar-refractivity contribution in [2.75, 3.05) is 11.9 Å². The number of thiazole rings is 1. The van der Waals surface area contributed by atoms with Crippen molar-refractivity contribution in [2.45, 2.75) is 39.2 Å². The molecule has 4 aromatic rings. The highest BCUT2D eigenvalue weighted by Crippen LogP contribution is 2.34. The van der Waals surface area contributed by atoms with E-state index in [2.05, 4.69) is 15.6 Å². The van der Waals surface area contributed by atoms with Gasteiger partial charge in [-0.15, -0.1) is 0 Å². The molecule has 4 rings (SSSR count). The first-order chi connectivity index (χ1) is 14.8. The van der Waals surface area contributed by atoms with Crippen LogP contribution in [0.15, 0.2) is 51.3 Å².